The third-order valence-corrected chi connectivity index (χ3v) is 5.09. The van der Waals surface area contributed by atoms with Gasteiger partial charge in [0.1, 0.15) is 0 Å². The van der Waals surface area contributed by atoms with Crippen molar-refractivity contribution in [3.05, 3.63) is 34.9 Å². The minimum atomic E-state index is 0.0987. The number of nitrogens with zero attached hydrogens (tertiary/aromatic N) is 1. The monoisotopic (exact) mass is 366 g/mol. The van der Waals surface area contributed by atoms with Crippen LogP contribution in [0.2, 0.25) is 5.02 Å². The predicted octanol–water partition coefficient (Wildman–Crippen LogP) is 4.19. The quantitative estimate of drug-likeness (QED) is 0.631. The molecule has 1 fully saturated rings. The summed E-state index contributed by atoms with van der Waals surface area (Å²) in [5, 5.41) is 3.87. The summed E-state index contributed by atoms with van der Waals surface area (Å²) in [6.45, 7) is 5.98. The standard InChI is InChI=1S/C20H31ClN2O2/c1-2-3-4-5-6-11-20(24)22-16-19(23-12-14-25-15-13-23)17-9-7-8-10-18(17)21/h7-10,19H,2-6,11-16H2,1H3,(H,22,24). The molecule has 2 rings (SSSR count). The number of rotatable bonds is 10. The molecule has 1 aromatic carbocycles. The molecule has 0 bridgehead atoms. The highest BCUT2D eigenvalue weighted by Crippen LogP contribution is 2.27. The Morgan fingerprint density at radius 3 is 2.64 bits per heavy atom. The fourth-order valence-electron chi connectivity index (χ4n) is 3.26. The van der Waals surface area contributed by atoms with E-state index in [1.54, 1.807) is 0 Å². The van der Waals surface area contributed by atoms with Gasteiger partial charge in [0.2, 0.25) is 5.91 Å². The van der Waals surface area contributed by atoms with E-state index < -0.39 is 0 Å². The molecule has 1 aromatic rings. The van der Waals surface area contributed by atoms with Crippen molar-refractivity contribution in [3.63, 3.8) is 0 Å². The van der Waals surface area contributed by atoms with E-state index in [0.29, 0.717) is 13.0 Å². The Labute approximate surface area is 156 Å². The van der Waals surface area contributed by atoms with Crippen LogP contribution in [-0.4, -0.2) is 43.7 Å². The van der Waals surface area contributed by atoms with E-state index in [1.807, 2.05) is 18.2 Å². The Balaban J connectivity index is 1.88. The average Bonchev–Trinajstić information content (AvgIpc) is 2.64. The molecular formula is C20H31ClN2O2. The van der Waals surface area contributed by atoms with Gasteiger partial charge in [0.25, 0.3) is 0 Å². The lowest BCUT2D eigenvalue weighted by Gasteiger charge is -2.35. The molecule has 0 spiro atoms. The molecule has 140 valence electrons. The van der Waals surface area contributed by atoms with Gasteiger partial charge in [-0.1, -0.05) is 62.4 Å². The number of ether oxygens (including phenoxy) is 1. The maximum absolute atomic E-state index is 12.2. The second-order valence-corrected chi connectivity index (χ2v) is 7.06. The number of carbonyl (C=O) groups excluding carboxylic acids is 1. The third kappa shape index (κ3) is 6.96. The predicted molar refractivity (Wildman–Crippen MR) is 103 cm³/mol. The summed E-state index contributed by atoms with van der Waals surface area (Å²) in [4.78, 5) is 14.5. The Hall–Kier alpha value is -1.10. The zero-order chi connectivity index (χ0) is 17.9. The number of carbonyl (C=O) groups is 1. The highest BCUT2D eigenvalue weighted by Gasteiger charge is 2.24. The van der Waals surface area contributed by atoms with E-state index >= 15 is 0 Å². The van der Waals surface area contributed by atoms with Crippen LogP contribution >= 0.6 is 11.6 Å². The molecule has 1 atom stereocenters. The first-order valence-corrected chi connectivity index (χ1v) is 9.93. The minimum absolute atomic E-state index is 0.0987. The molecule has 0 radical (unpaired) electrons. The molecule has 1 aliphatic rings. The van der Waals surface area contributed by atoms with Crippen molar-refractivity contribution >= 4 is 17.5 Å². The van der Waals surface area contributed by atoms with Crippen LogP contribution in [-0.2, 0) is 9.53 Å². The van der Waals surface area contributed by atoms with Gasteiger partial charge in [0.05, 0.1) is 19.3 Å². The maximum Gasteiger partial charge on any atom is 0.220 e. The summed E-state index contributed by atoms with van der Waals surface area (Å²) in [6.07, 6.45) is 6.43. The van der Waals surface area contributed by atoms with Crippen LogP contribution in [0.15, 0.2) is 24.3 Å². The van der Waals surface area contributed by atoms with Crippen molar-refractivity contribution in [2.75, 3.05) is 32.8 Å². The fourth-order valence-corrected chi connectivity index (χ4v) is 3.52. The summed E-state index contributed by atoms with van der Waals surface area (Å²) in [6, 6.07) is 8.02. The number of nitrogens with one attached hydrogen (secondary N) is 1. The molecular weight excluding hydrogens is 336 g/mol. The van der Waals surface area contributed by atoms with Crippen LogP contribution in [0.5, 0.6) is 0 Å². The number of hydrogen-bond donors (Lipinski definition) is 1. The van der Waals surface area contributed by atoms with Crippen LogP contribution in [0.1, 0.15) is 57.1 Å². The largest absolute Gasteiger partial charge is 0.379 e. The van der Waals surface area contributed by atoms with E-state index in [0.717, 1.165) is 49.7 Å². The van der Waals surface area contributed by atoms with Crippen molar-refractivity contribution < 1.29 is 9.53 Å². The lowest BCUT2D eigenvalue weighted by atomic mass is 10.0. The summed E-state index contributed by atoms with van der Waals surface area (Å²) < 4.78 is 5.46. The molecule has 1 aliphatic heterocycles. The third-order valence-electron chi connectivity index (χ3n) is 4.75. The molecule has 0 aromatic heterocycles. The number of unbranched alkanes of at least 4 members (excludes halogenated alkanes) is 4. The lowest BCUT2D eigenvalue weighted by Crippen LogP contribution is -2.43. The van der Waals surface area contributed by atoms with E-state index in [-0.39, 0.29) is 11.9 Å². The topological polar surface area (TPSA) is 41.6 Å². The first-order chi connectivity index (χ1) is 12.2. The number of halogens is 1. The summed E-state index contributed by atoms with van der Waals surface area (Å²) in [5.41, 5.74) is 1.08. The second kappa shape index (κ2) is 11.5. The van der Waals surface area contributed by atoms with Crippen LogP contribution in [0, 0.1) is 0 Å². The average molecular weight is 367 g/mol. The van der Waals surface area contributed by atoms with Crippen molar-refractivity contribution in [1.82, 2.24) is 10.2 Å². The molecule has 1 N–H and O–H groups in total. The summed E-state index contributed by atoms with van der Waals surface area (Å²) in [5.74, 6) is 0.141. The van der Waals surface area contributed by atoms with Gasteiger partial charge >= 0.3 is 0 Å². The van der Waals surface area contributed by atoms with E-state index in [9.17, 15) is 4.79 Å². The van der Waals surface area contributed by atoms with Crippen LogP contribution < -0.4 is 5.32 Å². The van der Waals surface area contributed by atoms with Gasteiger partial charge in [-0.25, -0.2) is 0 Å². The van der Waals surface area contributed by atoms with E-state index in [2.05, 4.69) is 23.2 Å². The van der Waals surface area contributed by atoms with Gasteiger partial charge in [0, 0.05) is 31.1 Å². The van der Waals surface area contributed by atoms with Gasteiger partial charge in [0.15, 0.2) is 0 Å². The van der Waals surface area contributed by atoms with Crippen molar-refractivity contribution in [2.24, 2.45) is 0 Å². The smallest absolute Gasteiger partial charge is 0.220 e. The van der Waals surface area contributed by atoms with E-state index in [1.165, 1.54) is 19.3 Å². The molecule has 1 unspecified atom stereocenters. The highest BCUT2D eigenvalue weighted by atomic mass is 35.5. The van der Waals surface area contributed by atoms with Crippen molar-refractivity contribution in [1.29, 1.82) is 0 Å². The molecule has 0 saturated carbocycles. The van der Waals surface area contributed by atoms with Gasteiger partial charge in [-0.05, 0) is 18.1 Å². The van der Waals surface area contributed by atoms with Gasteiger partial charge in [-0.15, -0.1) is 0 Å². The lowest BCUT2D eigenvalue weighted by molar-refractivity contribution is -0.121. The molecule has 1 saturated heterocycles. The van der Waals surface area contributed by atoms with Gasteiger partial charge in [-0.2, -0.15) is 0 Å². The number of benzene rings is 1. The first kappa shape index (κ1) is 20.2. The zero-order valence-corrected chi connectivity index (χ0v) is 16.1. The van der Waals surface area contributed by atoms with Crippen molar-refractivity contribution in [3.8, 4) is 0 Å². The number of hydrogen-bond acceptors (Lipinski definition) is 3. The molecule has 0 aliphatic carbocycles. The molecule has 5 heteroatoms. The van der Waals surface area contributed by atoms with Crippen LogP contribution in [0.3, 0.4) is 0 Å². The number of amides is 1. The van der Waals surface area contributed by atoms with Crippen molar-refractivity contribution in [2.45, 2.75) is 51.5 Å². The highest BCUT2D eigenvalue weighted by molar-refractivity contribution is 6.31. The zero-order valence-electron chi connectivity index (χ0n) is 15.3. The first-order valence-electron chi connectivity index (χ1n) is 9.55. The summed E-state index contributed by atoms with van der Waals surface area (Å²) >= 11 is 6.41. The molecule has 25 heavy (non-hydrogen) atoms. The van der Waals surface area contributed by atoms with Gasteiger partial charge in [-0.3, -0.25) is 9.69 Å². The summed E-state index contributed by atoms with van der Waals surface area (Å²) in [7, 11) is 0. The van der Waals surface area contributed by atoms with Crippen LogP contribution in [0.25, 0.3) is 0 Å². The number of morpholine rings is 1. The Bertz CT molecular complexity index is 518. The Morgan fingerprint density at radius 1 is 1.20 bits per heavy atom. The maximum atomic E-state index is 12.2. The SMILES string of the molecule is CCCCCCCC(=O)NCC(c1ccccc1Cl)N1CCOCC1. The minimum Gasteiger partial charge on any atom is -0.379 e. The normalized spacial score (nSPS) is 16.6. The molecule has 4 nitrogen and oxygen atoms in total. The molecule has 1 heterocycles. The Kier molecular flexibility index (Phi) is 9.30. The fraction of sp³-hybridized carbons (Fsp3) is 0.650. The van der Waals surface area contributed by atoms with Crippen LogP contribution in [0.4, 0.5) is 0 Å². The van der Waals surface area contributed by atoms with Gasteiger partial charge < -0.3 is 10.1 Å². The van der Waals surface area contributed by atoms with E-state index in [4.69, 9.17) is 16.3 Å². The second-order valence-electron chi connectivity index (χ2n) is 6.65. The Morgan fingerprint density at radius 2 is 1.92 bits per heavy atom. The molecule has 1 amide bonds.